The van der Waals surface area contributed by atoms with E-state index in [9.17, 15) is 0 Å². The van der Waals surface area contributed by atoms with Crippen molar-refractivity contribution in [1.82, 2.24) is 4.90 Å². The van der Waals surface area contributed by atoms with E-state index in [1.54, 1.807) is 0 Å². The van der Waals surface area contributed by atoms with Gasteiger partial charge in [0.25, 0.3) is 0 Å². The van der Waals surface area contributed by atoms with Gasteiger partial charge in [0, 0.05) is 11.6 Å². The van der Waals surface area contributed by atoms with Gasteiger partial charge in [0.15, 0.2) is 0 Å². The summed E-state index contributed by atoms with van der Waals surface area (Å²) in [5.41, 5.74) is 0.718. The molecule has 0 aromatic carbocycles. The molecule has 0 radical (unpaired) electrons. The van der Waals surface area contributed by atoms with Crippen LogP contribution in [0.1, 0.15) is 46.0 Å². The lowest BCUT2D eigenvalue weighted by atomic mass is 10.1. The van der Waals surface area contributed by atoms with Crippen molar-refractivity contribution in [3.63, 3.8) is 0 Å². The van der Waals surface area contributed by atoms with Gasteiger partial charge >= 0.3 is 0 Å². The fraction of sp³-hybridized carbons (Fsp3) is 1.00. The van der Waals surface area contributed by atoms with Crippen molar-refractivity contribution >= 4 is 0 Å². The van der Waals surface area contributed by atoms with E-state index in [1.807, 2.05) is 0 Å². The Labute approximate surface area is 69.8 Å². The minimum Gasteiger partial charge on any atom is -0.295 e. The predicted octanol–water partition coefficient (Wildman–Crippen LogP) is 2.41. The number of likely N-dealkylation sites (tertiary alicyclic amines) is 1. The van der Waals surface area contributed by atoms with E-state index in [4.69, 9.17) is 0 Å². The Balaban J connectivity index is 2.06. The Bertz CT molecular complexity index is 149. The maximum atomic E-state index is 2.76. The topological polar surface area (TPSA) is 3.24 Å². The summed E-state index contributed by atoms with van der Waals surface area (Å²) in [4.78, 5) is 2.76. The summed E-state index contributed by atoms with van der Waals surface area (Å²) in [7, 11) is 0. The van der Waals surface area contributed by atoms with Gasteiger partial charge in [-0.3, -0.25) is 4.90 Å². The van der Waals surface area contributed by atoms with Crippen molar-refractivity contribution in [3.8, 4) is 0 Å². The lowest BCUT2D eigenvalue weighted by molar-refractivity contribution is 0.183. The van der Waals surface area contributed by atoms with Gasteiger partial charge < -0.3 is 0 Å². The molecule has 1 saturated heterocycles. The second-order valence-corrected chi connectivity index (χ2v) is 4.11. The third-order valence-electron chi connectivity index (χ3n) is 3.63. The van der Waals surface area contributed by atoms with Gasteiger partial charge in [-0.1, -0.05) is 13.8 Å². The van der Waals surface area contributed by atoms with Crippen molar-refractivity contribution in [2.24, 2.45) is 0 Å². The lowest BCUT2D eigenvalue weighted by Crippen LogP contribution is -2.36. The van der Waals surface area contributed by atoms with Gasteiger partial charge in [-0.05, 0) is 38.6 Å². The van der Waals surface area contributed by atoms with Crippen molar-refractivity contribution in [2.75, 3.05) is 6.54 Å². The standard InChI is InChI=1S/C10H19N/c1-3-9-5-6-10(7-8-10)11(9)4-2/h9H,3-8H2,1-2H3/t9-/m1/s1. The van der Waals surface area contributed by atoms with Gasteiger partial charge in [0.1, 0.15) is 0 Å². The summed E-state index contributed by atoms with van der Waals surface area (Å²) in [5, 5.41) is 0. The normalized spacial score (nSPS) is 34.9. The Morgan fingerprint density at radius 3 is 2.45 bits per heavy atom. The van der Waals surface area contributed by atoms with E-state index >= 15 is 0 Å². The molecule has 2 rings (SSSR count). The van der Waals surface area contributed by atoms with Gasteiger partial charge in [-0.25, -0.2) is 0 Å². The van der Waals surface area contributed by atoms with Crippen LogP contribution in [0, 0.1) is 0 Å². The summed E-state index contributed by atoms with van der Waals surface area (Å²) in [5.74, 6) is 0. The molecule has 64 valence electrons. The first-order valence-electron chi connectivity index (χ1n) is 5.09. The second-order valence-electron chi connectivity index (χ2n) is 4.11. The van der Waals surface area contributed by atoms with Crippen LogP contribution in [0.25, 0.3) is 0 Å². The number of hydrogen-bond acceptors (Lipinski definition) is 1. The van der Waals surface area contributed by atoms with Crippen LogP contribution in [0.4, 0.5) is 0 Å². The molecule has 0 aromatic heterocycles. The zero-order valence-electron chi connectivity index (χ0n) is 7.77. The average Bonchev–Trinajstić information content (AvgIpc) is 2.67. The van der Waals surface area contributed by atoms with E-state index < -0.39 is 0 Å². The summed E-state index contributed by atoms with van der Waals surface area (Å²) >= 11 is 0. The van der Waals surface area contributed by atoms with Gasteiger partial charge in [0.2, 0.25) is 0 Å². The molecule has 11 heavy (non-hydrogen) atoms. The number of rotatable bonds is 2. The SMILES string of the molecule is CC[C@@H]1CCC2(CC2)N1CC. The van der Waals surface area contributed by atoms with E-state index in [2.05, 4.69) is 18.7 Å². The van der Waals surface area contributed by atoms with Crippen molar-refractivity contribution in [1.29, 1.82) is 0 Å². The molecule has 1 heteroatoms. The van der Waals surface area contributed by atoms with Crippen molar-refractivity contribution in [2.45, 2.75) is 57.5 Å². The molecule has 1 spiro atoms. The van der Waals surface area contributed by atoms with Crippen LogP contribution in [0.15, 0.2) is 0 Å². The molecule has 1 aliphatic carbocycles. The van der Waals surface area contributed by atoms with Crippen LogP contribution in [0.2, 0.25) is 0 Å². The van der Waals surface area contributed by atoms with Crippen LogP contribution >= 0.6 is 0 Å². The molecule has 1 atom stereocenters. The Kier molecular flexibility index (Phi) is 1.71. The fourth-order valence-corrected chi connectivity index (χ4v) is 2.82. The first-order chi connectivity index (χ1) is 5.32. The molecular weight excluding hydrogens is 134 g/mol. The Morgan fingerprint density at radius 2 is 2.00 bits per heavy atom. The van der Waals surface area contributed by atoms with Crippen LogP contribution in [-0.4, -0.2) is 23.0 Å². The fourth-order valence-electron chi connectivity index (χ4n) is 2.82. The molecule has 1 saturated carbocycles. The maximum absolute atomic E-state index is 2.76. The first-order valence-corrected chi connectivity index (χ1v) is 5.09. The second kappa shape index (κ2) is 2.48. The largest absolute Gasteiger partial charge is 0.295 e. The van der Waals surface area contributed by atoms with Crippen LogP contribution < -0.4 is 0 Å². The van der Waals surface area contributed by atoms with Crippen molar-refractivity contribution in [3.05, 3.63) is 0 Å². The molecule has 0 bridgehead atoms. The highest BCUT2D eigenvalue weighted by Crippen LogP contribution is 2.52. The molecule has 2 fully saturated rings. The summed E-state index contributed by atoms with van der Waals surface area (Å²) in [6.07, 6.45) is 7.27. The molecular formula is C10H19N. The smallest absolute Gasteiger partial charge is 0.0214 e. The average molecular weight is 153 g/mol. The van der Waals surface area contributed by atoms with Gasteiger partial charge in [-0.15, -0.1) is 0 Å². The summed E-state index contributed by atoms with van der Waals surface area (Å²) in [6, 6.07) is 0.919. The van der Waals surface area contributed by atoms with Gasteiger partial charge in [0.05, 0.1) is 0 Å². The van der Waals surface area contributed by atoms with Gasteiger partial charge in [-0.2, -0.15) is 0 Å². The Hall–Kier alpha value is -0.0400. The maximum Gasteiger partial charge on any atom is 0.0214 e. The molecule has 1 nitrogen and oxygen atoms in total. The zero-order chi connectivity index (χ0) is 7.90. The molecule has 0 N–H and O–H groups in total. The minimum absolute atomic E-state index is 0.718. The molecule has 0 amide bonds. The van der Waals surface area contributed by atoms with Crippen molar-refractivity contribution < 1.29 is 0 Å². The molecule has 1 heterocycles. The van der Waals surface area contributed by atoms with Crippen LogP contribution in [-0.2, 0) is 0 Å². The number of nitrogens with zero attached hydrogens (tertiary/aromatic N) is 1. The summed E-state index contributed by atoms with van der Waals surface area (Å²) in [6.45, 7) is 5.92. The number of hydrogen-bond donors (Lipinski definition) is 0. The predicted molar refractivity (Wildman–Crippen MR) is 47.7 cm³/mol. The molecule has 0 aromatic rings. The van der Waals surface area contributed by atoms with E-state index in [0.717, 1.165) is 11.6 Å². The van der Waals surface area contributed by atoms with E-state index in [1.165, 1.54) is 38.6 Å². The third-order valence-corrected chi connectivity index (χ3v) is 3.63. The zero-order valence-corrected chi connectivity index (χ0v) is 7.77. The minimum atomic E-state index is 0.718. The highest BCUT2D eigenvalue weighted by molar-refractivity contribution is 5.09. The molecule has 2 aliphatic rings. The van der Waals surface area contributed by atoms with Crippen LogP contribution in [0.3, 0.4) is 0 Å². The molecule has 1 aliphatic heterocycles. The highest BCUT2D eigenvalue weighted by Gasteiger charge is 2.52. The lowest BCUT2D eigenvalue weighted by Gasteiger charge is -2.28. The van der Waals surface area contributed by atoms with E-state index in [0.29, 0.717) is 0 Å². The molecule has 0 unspecified atom stereocenters. The monoisotopic (exact) mass is 153 g/mol. The first kappa shape index (κ1) is 7.60. The van der Waals surface area contributed by atoms with Crippen LogP contribution in [0.5, 0.6) is 0 Å². The third kappa shape index (κ3) is 1.01. The Morgan fingerprint density at radius 1 is 1.27 bits per heavy atom. The summed E-state index contributed by atoms with van der Waals surface area (Å²) < 4.78 is 0. The van der Waals surface area contributed by atoms with E-state index in [-0.39, 0.29) is 0 Å². The highest BCUT2D eigenvalue weighted by atomic mass is 15.3. The quantitative estimate of drug-likeness (QED) is 0.589.